The summed E-state index contributed by atoms with van der Waals surface area (Å²) < 4.78 is 31.2. The van der Waals surface area contributed by atoms with Gasteiger partial charge in [0.25, 0.3) is 0 Å². The maximum absolute atomic E-state index is 12.8. The first-order valence-corrected chi connectivity index (χ1v) is 8.38. The summed E-state index contributed by atoms with van der Waals surface area (Å²) in [6, 6.07) is 8.78. The summed E-state index contributed by atoms with van der Waals surface area (Å²) in [4.78, 5) is 0.430. The maximum Gasteiger partial charge on any atom is 0.185 e. The summed E-state index contributed by atoms with van der Waals surface area (Å²) in [5, 5.41) is -0.376. The molecule has 0 amide bonds. The Labute approximate surface area is 114 Å². The molecule has 19 heavy (non-hydrogen) atoms. The first-order valence-electron chi connectivity index (χ1n) is 6.83. The minimum Gasteiger partial charge on any atom is -0.498 e. The lowest BCUT2D eigenvalue weighted by Crippen LogP contribution is -2.30. The molecular weight excluding hydrogens is 260 g/mol. The fourth-order valence-electron chi connectivity index (χ4n) is 3.00. The molecule has 1 aliphatic heterocycles. The Bertz CT molecular complexity index is 583. The Morgan fingerprint density at radius 1 is 1.05 bits per heavy atom. The van der Waals surface area contributed by atoms with E-state index < -0.39 is 9.84 Å². The molecular formula is C15H18O3S. The van der Waals surface area contributed by atoms with Crippen molar-refractivity contribution in [3.63, 3.8) is 0 Å². The van der Waals surface area contributed by atoms with Crippen LogP contribution in [0.3, 0.4) is 0 Å². The van der Waals surface area contributed by atoms with Gasteiger partial charge in [0.15, 0.2) is 9.84 Å². The summed E-state index contributed by atoms with van der Waals surface area (Å²) in [6.45, 7) is 0.733. The molecule has 0 saturated carbocycles. The van der Waals surface area contributed by atoms with E-state index >= 15 is 0 Å². The monoisotopic (exact) mass is 278 g/mol. The normalized spacial score (nSPS) is 23.7. The van der Waals surface area contributed by atoms with Crippen molar-refractivity contribution in [2.24, 2.45) is 0 Å². The Balaban J connectivity index is 2.01. The third-order valence-electron chi connectivity index (χ3n) is 3.93. The molecule has 0 spiro atoms. The molecule has 1 unspecified atom stereocenters. The van der Waals surface area contributed by atoms with Crippen LogP contribution in [-0.2, 0) is 14.6 Å². The highest BCUT2D eigenvalue weighted by Gasteiger charge is 2.36. The highest BCUT2D eigenvalue weighted by molar-refractivity contribution is 7.92. The van der Waals surface area contributed by atoms with Gasteiger partial charge in [-0.2, -0.15) is 0 Å². The zero-order valence-corrected chi connectivity index (χ0v) is 11.7. The van der Waals surface area contributed by atoms with Crippen molar-refractivity contribution in [3.8, 4) is 0 Å². The highest BCUT2D eigenvalue weighted by atomic mass is 32.2. The van der Waals surface area contributed by atoms with E-state index in [-0.39, 0.29) is 5.25 Å². The molecule has 2 aliphatic rings. The van der Waals surface area contributed by atoms with Gasteiger partial charge < -0.3 is 4.74 Å². The number of hydrogen-bond acceptors (Lipinski definition) is 3. The van der Waals surface area contributed by atoms with Gasteiger partial charge in [-0.1, -0.05) is 18.2 Å². The molecule has 0 saturated heterocycles. The van der Waals surface area contributed by atoms with E-state index in [2.05, 4.69) is 0 Å². The number of sulfone groups is 1. The second-order valence-electron chi connectivity index (χ2n) is 5.14. The van der Waals surface area contributed by atoms with E-state index in [0.29, 0.717) is 4.90 Å². The molecule has 0 bridgehead atoms. The Kier molecular flexibility index (Phi) is 3.35. The summed E-state index contributed by atoms with van der Waals surface area (Å²) >= 11 is 0. The summed E-state index contributed by atoms with van der Waals surface area (Å²) in [5.41, 5.74) is 1.03. The minimum absolute atomic E-state index is 0.376. The van der Waals surface area contributed by atoms with Crippen LogP contribution in [0, 0.1) is 0 Å². The predicted octanol–water partition coefficient (Wildman–Crippen LogP) is 3.08. The molecule has 4 heteroatoms. The number of rotatable bonds is 2. The average molecular weight is 278 g/mol. The van der Waals surface area contributed by atoms with Gasteiger partial charge in [-0.15, -0.1) is 0 Å². The molecule has 1 atom stereocenters. The van der Waals surface area contributed by atoms with Crippen LogP contribution in [0.15, 0.2) is 46.6 Å². The molecule has 0 aromatic heterocycles. The lowest BCUT2D eigenvalue weighted by Gasteiger charge is -2.31. The van der Waals surface area contributed by atoms with E-state index in [1.165, 1.54) is 0 Å². The fraction of sp³-hybridized carbons (Fsp3) is 0.467. The lowest BCUT2D eigenvalue weighted by molar-refractivity contribution is 0.168. The number of benzene rings is 1. The van der Waals surface area contributed by atoms with Crippen molar-refractivity contribution < 1.29 is 13.2 Å². The lowest BCUT2D eigenvalue weighted by atomic mass is 9.92. The van der Waals surface area contributed by atoms with E-state index in [9.17, 15) is 8.42 Å². The van der Waals surface area contributed by atoms with Crippen LogP contribution in [0.5, 0.6) is 0 Å². The van der Waals surface area contributed by atoms with Crippen LogP contribution < -0.4 is 0 Å². The van der Waals surface area contributed by atoms with Gasteiger partial charge in [0.2, 0.25) is 0 Å². The SMILES string of the molecule is O=S(=O)(c1ccccc1)C1CCCC2=C1CCCO2. The van der Waals surface area contributed by atoms with Gasteiger partial charge >= 0.3 is 0 Å². The first kappa shape index (κ1) is 12.7. The van der Waals surface area contributed by atoms with Crippen molar-refractivity contribution in [1.82, 2.24) is 0 Å². The molecule has 0 N–H and O–H groups in total. The van der Waals surface area contributed by atoms with Crippen molar-refractivity contribution in [3.05, 3.63) is 41.7 Å². The largest absolute Gasteiger partial charge is 0.498 e. The Morgan fingerprint density at radius 3 is 2.63 bits per heavy atom. The fourth-order valence-corrected chi connectivity index (χ4v) is 4.97. The van der Waals surface area contributed by atoms with Gasteiger partial charge in [0.1, 0.15) is 0 Å². The summed E-state index contributed by atoms with van der Waals surface area (Å²) in [5.74, 6) is 0.946. The molecule has 3 rings (SSSR count). The standard InChI is InChI=1S/C15H18O3S/c16-19(17,12-6-2-1-3-7-12)15-10-4-9-14-13(15)8-5-11-18-14/h1-3,6-7,15H,4-5,8-11H2. The van der Waals surface area contributed by atoms with Gasteiger partial charge in [-0.05, 0) is 43.4 Å². The van der Waals surface area contributed by atoms with Crippen molar-refractivity contribution in [2.75, 3.05) is 6.61 Å². The third-order valence-corrected chi connectivity index (χ3v) is 6.13. The second-order valence-corrected chi connectivity index (χ2v) is 7.27. The van der Waals surface area contributed by atoms with E-state index in [0.717, 1.165) is 50.0 Å². The number of allylic oxidation sites excluding steroid dienone is 1. The van der Waals surface area contributed by atoms with Gasteiger partial charge in [-0.3, -0.25) is 0 Å². The second kappa shape index (κ2) is 5.00. The van der Waals surface area contributed by atoms with E-state index in [1.54, 1.807) is 24.3 Å². The predicted molar refractivity (Wildman–Crippen MR) is 73.5 cm³/mol. The third kappa shape index (κ3) is 2.29. The van der Waals surface area contributed by atoms with Crippen LogP contribution in [0.4, 0.5) is 0 Å². The molecule has 102 valence electrons. The maximum atomic E-state index is 12.8. The smallest absolute Gasteiger partial charge is 0.185 e. The highest BCUT2D eigenvalue weighted by Crippen LogP contribution is 2.37. The topological polar surface area (TPSA) is 43.4 Å². The first-order chi connectivity index (χ1) is 9.19. The van der Waals surface area contributed by atoms with Crippen molar-refractivity contribution >= 4 is 9.84 Å². The molecule has 1 aliphatic carbocycles. The van der Waals surface area contributed by atoms with Crippen LogP contribution in [0.25, 0.3) is 0 Å². The minimum atomic E-state index is -3.27. The molecule has 0 radical (unpaired) electrons. The van der Waals surface area contributed by atoms with Crippen molar-refractivity contribution in [1.29, 1.82) is 0 Å². The van der Waals surface area contributed by atoms with Gasteiger partial charge in [-0.25, -0.2) is 8.42 Å². The van der Waals surface area contributed by atoms with Crippen LogP contribution in [0.2, 0.25) is 0 Å². The molecule has 1 aromatic carbocycles. The van der Waals surface area contributed by atoms with Gasteiger partial charge in [0, 0.05) is 6.42 Å². The molecule has 3 nitrogen and oxygen atoms in total. The summed E-state index contributed by atoms with van der Waals surface area (Å²) in [7, 11) is -3.27. The van der Waals surface area contributed by atoms with E-state index in [4.69, 9.17) is 4.74 Å². The Hall–Kier alpha value is -1.29. The quantitative estimate of drug-likeness (QED) is 0.835. The number of ether oxygens (including phenoxy) is 1. The van der Waals surface area contributed by atoms with Crippen molar-refractivity contribution in [2.45, 2.75) is 42.2 Å². The zero-order chi connectivity index (χ0) is 13.3. The average Bonchev–Trinajstić information content (AvgIpc) is 2.47. The zero-order valence-electron chi connectivity index (χ0n) is 10.8. The van der Waals surface area contributed by atoms with Gasteiger partial charge in [0.05, 0.1) is 22.5 Å². The van der Waals surface area contributed by atoms with Crippen LogP contribution in [0.1, 0.15) is 32.1 Å². The molecule has 1 aromatic rings. The van der Waals surface area contributed by atoms with Crippen LogP contribution >= 0.6 is 0 Å². The Morgan fingerprint density at radius 2 is 1.84 bits per heavy atom. The van der Waals surface area contributed by atoms with Crippen LogP contribution in [-0.4, -0.2) is 20.3 Å². The number of hydrogen-bond donors (Lipinski definition) is 0. The summed E-state index contributed by atoms with van der Waals surface area (Å²) in [6.07, 6.45) is 4.32. The van der Waals surface area contributed by atoms with E-state index in [1.807, 2.05) is 6.07 Å². The molecule has 0 fully saturated rings. The molecule has 1 heterocycles.